The molecule has 4 aromatic rings. The highest BCUT2D eigenvalue weighted by Gasteiger charge is 2.70. The number of carbonyl (C=O) groups is 3. The predicted octanol–water partition coefficient (Wildman–Crippen LogP) is 5.56. The van der Waals surface area contributed by atoms with E-state index in [9.17, 15) is 14.4 Å². The molecule has 0 radical (unpaired) electrons. The Morgan fingerprint density at radius 1 is 0.786 bits per heavy atom. The van der Waals surface area contributed by atoms with Crippen molar-refractivity contribution in [3.8, 4) is 11.5 Å². The lowest BCUT2D eigenvalue weighted by atomic mass is 9.64. The summed E-state index contributed by atoms with van der Waals surface area (Å²) in [5.41, 5.74) is 2.45. The highest BCUT2D eigenvalue weighted by molar-refractivity contribution is 6.18. The van der Waals surface area contributed by atoms with Crippen molar-refractivity contribution in [3.05, 3.63) is 125 Å². The van der Waals surface area contributed by atoms with Crippen LogP contribution in [0.15, 0.2) is 103 Å². The van der Waals surface area contributed by atoms with Gasteiger partial charge in [0.1, 0.15) is 23.0 Å². The fourth-order valence-corrected chi connectivity index (χ4v) is 7.02. The Bertz CT molecular complexity index is 1800. The summed E-state index contributed by atoms with van der Waals surface area (Å²) in [4.78, 5) is 46.1. The number of ether oxygens (including phenoxy) is 2. The highest BCUT2D eigenvalue weighted by Crippen LogP contribution is 2.58. The van der Waals surface area contributed by atoms with E-state index in [-0.39, 0.29) is 17.5 Å². The first kappa shape index (κ1) is 25.8. The molecule has 7 heteroatoms. The molecule has 3 aliphatic rings. The summed E-state index contributed by atoms with van der Waals surface area (Å²) in [5, 5.41) is 3.06. The SMILES string of the molecule is COc1cccc(C(=O)[C@H]2[C@H](C(=O)c3cccc(OC)c3)[C@@]3(C(=O)Nc4ccccc43)[C@H]3C=Cc4ccccc4N23)c1. The van der Waals surface area contributed by atoms with Crippen LogP contribution in [0.3, 0.4) is 0 Å². The van der Waals surface area contributed by atoms with Gasteiger partial charge in [0.25, 0.3) is 0 Å². The van der Waals surface area contributed by atoms with Crippen molar-refractivity contribution in [1.29, 1.82) is 0 Å². The lowest BCUT2D eigenvalue weighted by molar-refractivity contribution is -0.121. The molecule has 4 aromatic carbocycles. The van der Waals surface area contributed by atoms with Gasteiger partial charge >= 0.3 is 0 Å². The van der Waals surface area contributed by atoms with Crippen molar-refractivity contribution >= 4 is 34.9 Å². The number of anilines is 2. The fourth-order valence-electron chi connectivity index (χ4n) is 7.02. The van der Waals surface area contributed by atoms with Gasteiger partial charge in [-0.05, 0) is 47.5 Å². The molecule has 1 spiro atoms. The van der Waals surface area contributed by atoms with E-state index >= 15 is 0 Å². The molecule has 1 saturated heterocycles. The molecular weight excluding hydrogens is 528 g/mol. The van der Waals surface area contributed by atoms with Crippen LogP contribution in [0.4, 0.5) is 11.4 Å². The van der Waals surface area contributed by atoms with Crippen LogP contribution in [0.1, 0.15) is 31.8 Å². The molecule has 0 unspecified atom stereocenters. The first-order valence-corrected chi connectivity index (χ1v) is 13.8. The molecule has 0 saturated carbocycles. The third-order valence-electron chi connectivity index (χ3n) is 8.80. The van der Waals surface area contributed by atoms with Gasteiger partial charge in [-0.1, -0.05) is 72.8 Å². The first-order chi connectivity index (χ1) is 20.5. The van der Waals surface area contributed by atoms with Crippen molar-refractivity contribution in [2.75, 3.05) is 24.4 Å². The summed E-state index contributed by atoms with van der Waals surface area (Å²) in [5.74, 6) is -0.884. The van der Waals surface area contributed by atoms with E-state index in [2.05, 4.69) is 5.32 Å². The Labute approximate surface area is 243 Å². The van der Waals surface area contributed by atoms with Crippen LogP contribution in [-0.4, -0.2) is 43.8 Å². The Hall–Kier alpha value is -5.17. The second kappa shape index (κ2) is 9.73. The smallest absolute Gasteiger partial charge is 0.238 e. The maximum atomic E-state index is 14.9. The van der Waals surface area contributed by atoms with Crippen LogP contribution >= 0.6 is 0 Å². The zero-order chi connectivity index (χ0) is 29.0. The van der Waals surface area contributed by atoms with E-state index in [1.807, 2.05) is 65.6 Å². The van der Waals surface area contributed by atoms with E-state index in [0.717, 1.165) is 11.3 Å². The third-order valence-corrected chi connectivity index (χ3v) is 8.80. The van der Waals surface area contributed by atoms with Gasteiger partial charge in [0.2, 0.25) is 5.91 Å². The zero-order valence-corrected chi connectivity index (χ0v) is 23.1. The standard InChI is InChI=1S/C35H28N2O5/c1-41-24-12-7-10-22(19-24)32(38)30-31(33(39)23-11-8-13-25(20-23)42-2)37-28-16-6-3-9-21(28)17-18-29(37)35(30)26-14-4-5-15-27(26)36-34(35)40/h3-20,29-31H,1-2H3,(H,36,40)/t29-,30-,31-,35+/m1/s1. The summed E-state index contributed by atoms with van der Waals surface area (Å²) < 4.78 is 10.9. The Kier molecular flexibility index (Phi) is 5.97. The van der Waals surface area contributed by atoms with Crippen LogP contribution < -0.4 is 19.7 Å². The minimum atomic E-state index is -1.38. The normalized spacial score (nSPS) is 23.1. The number of carbonyl (C=O) groups excluding carboxylic acids is 3. The van der Waals surface area contributed by atoms with Gasteiger partial charge < -0.3 is 19.7 Å². The Balaban J connectivity index is 1.53. The van der Waals surface area contributed by atoms with Crippen molar-refractivity contribution in [2.45, 2.75) is 17.5 Å². The number of hydrogen-bond donors (Lipinski definition) is 1. The number of ketones is 2. The predicted molar refractivity (Wildman–Crippen MR) is 160 cm³/mol. The second-order valence-electron chi connectivity index (χ2n) is 10.8. The zero-order valence-electron chi connectivity index (χ0n) is 23.1. The van der Waals surface area contributed by atoms with Gasteiger partial charge in [0.05, 0.1) is 26.2 Å². The average molecular weight is 557 g/mol. The van der Waals surface area contributed by atoms with E-state index < -0.39 is 23.4 Å². The van der Waals surface area contributed by atoms with Gasteiger partial charge in [0.15, 0.2) is 11.6 Å². The average Bonchev–Trinajstić information content (AvgIpc) is 3.52. The number of benzene rings is 4. The van der Waals surface area contributed by atoms with Gasteiger partial charge in [-0.25, -0.2) is 0 Å². The van der Waals surface area contributed by atoms with Crippen molar-refractivity contribution in [3.63, 3.8) is 0 Å². The van der Waals surface area contributed by atoms with Gasteiger partial charge in [-0.3, -0.25) is 14.4 Å². The molecule has 3 aliphatic heterocycles. The molecule has 0 aromatic heterocycles. The number of methoxy groups -OCH3 is 2. The van der Waals surface area contributed by atoms with Gasteiger partial charge in [-0.2, -0.15) is 0 Å². The molecule has 3 heterocycles. The summed E-state index contributed by atoms with van der Waals surface area (Å²) in [6.07, 6.45) is 3.95. The molecule has 42 heavy (non-hydrogen) atoms. The van der Waals surface area contributed by atoms with E-state index in [1.54, 1.807) is 62.8 Å². The summed E-state index contributed by atoms with van der Waals surface area (Å²) in [6.45, 7) is 0. The molecule has 1 N–H and O–H groups in total. The Morgan fingerprint density at radius 3 is 2.14 bits per heavy atom. The second-order valence-corrected chi connectivity index (χ2v) is 10.8. The molecule has 4 atom stereocenters. The quantitative estimate of drug-likeness (QED) is 0.313. The molecule has 1 fully saturated rings. The minimum Gasteiger partial charge on any atom is -0.497 e. The molecule has 0 bridgehead atoms. The van der Waals surface area contributed by atoms with Crippen LogP contribution in [0, 0.1) is 5.92 Å². The number of fused-ring (bicyclic) bond motifs is 6. The fraction of sp³-hybridized carbons (Fsp3) is 0.171. The van der Waals surface area contributed by atoms with Gasteiger partial charge in [0, 0.05) is 22.5 Å². The number of rotatable bonds is 6. The largest absolute Gasteiger partial charge is 0.497 e. The molecular formula is C35H28N2O5. The maximum absolute atomic E-state index is 14.9. The maximum Gasteiger partial charge on any atom is 0.238 e. The number of Topliss-reactive ketones (excluding diaryl/α,β-unsaturated/α-hetero) is 2. The Morgan fingerprint density at radius 2 is 1.43 bits per heavy atom. The van der Waals surface area contributed by atoms with E-state index in [1.165, 1.54) is 0 Å². The van der Waals surface area contributed by atoms with Gasteiger partial charge in [-0.15, -0.1) is 0 Å². The third kappa shape index (κ3) is 3.56. The number of nitrogens with zero attached hydrogens (tertiary/aromatic N) is 1. The van der Waals surface area contributed by atoms with Crippen molar-refractivity contribution in [1.82, 2.24) is 0 Å². The number of para-hydroxylation sites is 2. The van der Waals surface area contributed by atoms with Crippen LogP contribution in [0.25, 0.3) is 6.08 Å². The lowest BCUT2D eigenvalue weighted by Crippen LogP contribution is -2.51. The molecule has 7 nitrogen and oxygen atoms in total. The molecule has 1 amide bonds. The molecule has 208 valence electrons. The number of hydrogen-bond acceptors (Lipinski definition) is 6. The number of amides is 1. The van der Waals surface area contributed by atoms with Crippen molar-refractivity contribution in [2.24, 2.45) is 5.92 Å². The monoisotopic (exact) mass is 556 g/mol. The van der Waals surface area contributed by atoms with E-state index in [0.29, 0.717) is 33.9 Å². The first-order valence-electron chi connectivity index (χ1n) is 13.8. The molecule has 0 aliphatic carbocycles. The van der Waals surface area contributed by atoms with Crippen LogP contribution in [0.5, 0.6) is 11.5 Å². The van der Waals surface area contributed by atoms with Crippen LogP contribution in [-0.2, 0) is 10.2 Å². The highest BCUT2D eigenvalue weighted by atomic mass is 16.5. The lowest BCUT2D eigenvalue weighted by Gasteiger charge is -2.37. The minimum absolute atomic E-state index is 0.265. The number of nitrogens with one attached hydrogen (secondary N) is 1. The van der Waals surface area contributed by atoms with E-state index in [4.69, 9.17) is 9.47 Å². The van der Waals surface area contributed by atoms with Crippen LogP contribution in [0.2, 0.25) is 0 Å². The summed E-state index contributed by atoms with van der Waals surface area (Å²) in [6, 6.07) is 27.5. The topological polar surface area (TPSA) is 84.9 Å². The summed E-state index contributed by atoms with van der Waals surface area (Å²) in [7, 11) is 3.09. The molecule has 7 rings (SSSR count). The van der Waals surface area contributed by atoms with Crippen molar-refractivity contribution < 1.29 is 23.9 Å². The summed E-state index contributed by atoms with van der Waals surface area (Å²) >= 11 is 0.